The van der Waals surface area contributed by atoms with Crippen LogP contribution in [-0.4, -0.2) is 22.2 Å². The quantitative estimate of drug-likeness (QED) is 0.641. The van der Waals surface area contributed by atoms with Gasteiger partial charge in [0.05, 0.1) is 0 Å². The predicted molar refractivity (Wildman–Crippen MR) is 67.2 cm³/mol. The molecule has 0 amide bonds. The topological polar surface area (TPSA) is 101 Å². The van der Waals surface area contributed by atoms with Crippen molar-refractivity contribution >= 4 is 34.5 Å². The maximum Gasteiger partial charge on any atom is 0.371 e. The van der Waals surface area contributed by atoms with Gasteiger partial charge in [0.1, 0.15) is 15.4 Å². The van der Waals surface area contributed by atoms with Crippen LogP contribution < -0.4 is 0 Å². The van der Waals surface area contributed by atoms with Gasteiger partial charge in [-0.1, -0.05) is 22.6 Å². The molecule has 6 nitrogen and oxygen atoms in total. The smallest absolute Gasteiger partial charge is 0.371 e. The summed E-state index contributed by atoms with van der Waals surface area (Å²) in [5.41, 5.74) is 0. The minimum atomic E-state index is -1.16. The van der Waals surface area contributed by atoms with Crippen LogP contribution in [-0.2, 0) is 0 Å². The summed E-state index contributed by atoms with van der Waals surface area (Å²) in [7, 11) is 0. The molecule has 0 atom stereocenters. The first-order valence-electron chi connectivity index (χ1n) is 4.79. The molecule has 0 spiro atoms. The number of carboxylic acids is 2. The summed E-state index contributed by atoms with van der Waals surface area (Å²) in [6.45, 7) is 0. The first-order chi connectivity index (χ1) is 8.49. The average molecular weight is 362 g/mol. The van der Waals surface area contributed by atoms with Crippen LogP contribution in [0.4, 0.5) is 0 Å². The van der Waals surface area contributed by atoms with Gasteiger partial charge in [0.2, 0.25) is 11.5 Å². The van der Waals surface area contributed by atoms with Crippen LogP contribution in [0.15, 0.2) is 33.1 Å². The number of halogens is 1. The third-order valence-corrected chi connectivity index (χ3v) is 3.40. The molecular formula is C11H7IO6. The van der Waals surface area contributed by atoms with E-state index in [0.717, 1.165) is 0 Å². The van der Waals surface area contributed by atoms with Crippen LogP contribution in [0.3, 0.4) is 0 Å². The molecule has 0 saturated carbocycles. The second-order valence-corrected chi connectivity index (χ2v) is 4.62. The van der Waals surface area contributed by atoms with Gasteiger partial charge in [-0.15, -0.1) is 0 Å². The van der Waals surface area contributed by atoms with E-state index in [-0.39, 0.29) is 15.4 Å². The molecular weight excluding hydrogens is 355 g/mol. The van der Waals surface area contributed by atoms with E-state index < -0.39 is 11.9 Å². The fourth-order valence-corrected chi connectivity index (χ4v) is 2.02. The van der Waals surface area contributed by atoms with Crippen LogP contribution in [0.2, 0.25) is 0 Å². The number of alkyl halides is 1. The van der Waals surface area contributed by atoms with Gasteiger partial charge in [0.15, 0.2) is 0 Å². The molecule has 2 N–H and O–H groups in total. The Hall–Kier alpha value is -1.77. The van der Waals surface area contributed by atoms with Crippen molar-refractivity contribution in [2.24, 2.45) is 0 Å². The standard InChI is InChI=1S/C11H7IO6/c12-9(5-1-3-7(17-5)10(13)14)6-2-4-8(18-6)11(15)16/h1-4,9H,(H,13,14)(H,15,16). The lowest BCUT2D eigenvalue weighted by molar-refractivity contribution is 0.0653. The number of carboxylic acid groups (broad SMARTS) is 2. The first-order valence-corrected chi connectivity index (χ1v) is 6.03. The number of carbonyl (C=O) groups is 2. The molecule has 0 bridgehead atoms. The molecule has 7 heteroatoms. The normalized spacial score (nSPS) is 10.8. The zero-order valence-corrected chi connectivity index (χ0v) is 10.9. The van der Waals surface area contributed by atoms with Gasteiger partial charge in [0.25, 0.3) is 0 Å². The number of aromatic carboxylic acids is 2. The maximum atomic E-state index is 10.7. The van der Waals surface area contributed by atoms with Crippen molar-refractivity contribution in [2.75, 3.05) is 0 Å². The highest BCUT2D eigenvalue weighted by Crippen LogP contribution is 2.33. The van der Waals surface area contributed by atoms with E-state index in [2.05, 4.69) is 0 Å². The molecule has 0 unspecified atom stereocenters. The van der Waals surface area contributed by atoms with E-state index in [9.17, 15) is 9.59 Å². The fraction of sp³-hybridized carbons (Fsp3) is 0.0909. The van der Waals surface area contributed by atoms with Gasteiger partial charge >= 0.3 is 11.9 Å². The molecule has 2 aromatic heterocycles. The SMILES string of the molecule is O=C(O)c1ccc(C(I)c2ccc(C(=O)O)o2)o1. The summed E-state index contributed by atoms with van der Waals surface area (Å²) in [6, 6.07) is 5.71. The molecule has 0 aromatic carbocycles. The van der Waals surface area contributed by atoms with Crippen LogP contribution >= 0.6 is 22.6 Å². The molecule has 2 heterocycles. The molecule has 0 fully saturated rings. The van der Waals surface area contributed by atoms with E-state index in [0.29, 0.717) is 11.5 Å². The van der Waals surface area contributed by atoms with Crippen LogP contribution in [0.1, 0.15) is 36.6 Å². The zero-order valence-electron chi connectivity index (χ0n) is 8.79. The fourth-order valence-electron chi connectivity index (χ4n) is 1.35. The Bertz CT molecular complexity index is 544. The molecule has 2 aromatic rings. The predicted octanol–water partition coefficient (Wildman–Crippen LogP) is 2.79. The Morgan fingerprint density at radius 2 is 1.33 bits per heavy atom. The van der Waals surface area contributed by atoms with Crippen molar-refractivity contribution in [2.45, 2.75) is 3.92 Å². The van der Waals surface area contributed by atoms with E-state index in [4.69, 9.17) is 19.0 Å². The summed E-state index contributed by atoms with van der Waals surface area (Å²) in [6.07, 6.45) is 0. The van der Waals surface area contributed by atoms with Crippen molar-refractivity contribution in [3.8, 4) is 0 Å². The molecule has 0 aliphatic carbocycles. The summed E-state index contributed by atoms with van der Waals surface area (Å²) in [5, 5.41) is 17.5. The summed E-state index contributed by atoms with van der Waals surface area (Å²) < 4.78 is 9.85. The summed E-state index contributed by atoms with van der Waals surface area (Å²) >= 11 is 1.97. The van der Waals surface area contributed by atoms with Crippen molar-refractivity contribution in [1.29, 1.82) is 0 Å². The molecule has 2 rings (SSSR count). The highest BCUT2D eigenvalue weighted by Gasteiger charge is 2.21. The van der Waals surface area contributed by atoms with Crippen LogP contribution in [0.5, 0.6) is 0 Å². The highest BCUT2D eigenvalue weighted by molar-refractivity contribution is 14.1. The monoisotopic (exact) mass is 362 g/mol. The maximum absolute atomic E-state index is 10.7. The molecule has 94 valence electrons. The Morgan fingerprint density at radius 3 is 1.61 bits per heavy atom. The number of hydrogen-bond donors (Lipinski definition) is 2. The molecule has 0 radical (unpaired) electrons. The van der Waals surface area contributed by atoms with E-state index in [1.54, 1.807) is 0 Å². The minimum absolute atomic E-state index is 0.170. The Kier molecular flexibility index (Phi) is 3.41. The Morgan fingerprint density at radius 1 is 0.944 bits per heavy atom. The number of rotatable bonds is 4. The van der Waals surface area contributed by atoms with Gasteiger partial charge in [-0.3, -0.25) is 0 Å². The van der Waals surface area contributed by atoms with Crippen molar-refractivity contribution < 1.29 is 28.6 Å². The highest BCUT2D eigenvalue weighted by atomic mass is 127. The largest absolute Gasteiger partial charge is 0.475 e. The van der Waals surface area contributed by atoms with Crippen molar-refractivity contribution in [3.05, 3.63) is 47.3 Å². The first kappa shape index (κ1) is 12.7. The number of hydrogen-bond acceptors (Lipinski definition) is 4. The molecule has 0 aliphatic rings. The third-order valence-electron chi connectivity index (χ3n) is 2.17. The van der Waals surface area contributed by atoms with Gasteiger partial charge < -0.3 is 19.0 Å². The lowest BCUT2D eigenvalue weighted by Gasteiger charge is -2.02. The Labute approximate surface area is 114 Å². The summed E-state index contributed by atoms with van der Waals surface area (Å²) in [5.74, 6) is -1.88. The van der Waals surface area contributed by atoms with Gasteiger partial charge in [-0.05, 0) is 24.3 Å². The lowest BCUT2D eigenvalue weighted by Crippen LogP contribution is -1.94. The minimum Gasteiger partial charge on any atom is -0.475 e. The van der Waals surface area contributed by atoms with Gasteiger partial charge in [0, 0.05) is 0 Å². The second-order valence-electron chi connectivity index (χ2n) is 3.38. The summed E-state index contributed by atoms with van der Waals surface area (Å²) in [4.78, 5) is 21.3. The Balaban J connectivity index is 2.26. The van der Waals surface area contributed by atoms with Crippen molar-refractivity contribution in [3.63, 3.8) is 0 Å². The van der Waals surface area contributed by atoms with E-state index >= 15 is 0 Å². The zero-order chi connectivity index (χ0) is 13.3. The van der Waals surface area contributed by atoms with Gasteiger partial charge in [-0.25, -0.2) is 9.59 Å². The van der Waals surface area contributed by atoms with Crippen molar-refractivity contribution in [1.82, 2.24) is 0 Å². The molecule has 18 heavy (non-hydrogen) atoms. The second kappa shape index (κ2) is 4.84. The lowest BCUT2D eigenvalue weighted by atomic mass is 10.3. The number of furan rings is 2. The average Bonchev–Trinajstić information content (AvgIpc) is 2.97. The van der Waals surface area contributed by atoms with E-state index in [1.807, 2.05) is 22.6 Å². The molecule has 0 aliphatic heterocycles. The third kappa shape index (κ3) is 2.40. The van der Waals surface area contributed by atoms with Crippen LogP contribution in [0, 0.1) is 0 Å². The molecule has 0 saturated heterocycles. The van der Waals surface area contributed by atoms with E-state index in [1.165, 1.54) is 24.3 Å². The van der Waals surface area contributed by atoms with Gasteiger partial charge in [-0.2, -0.15) is 0 Å². The van der Waals surface area contributed by atoms with Crippen LogP contribution in [0.25, 0.3) is 0 Å².